The number of aromatic nitrogens is 1. The Morgan fingerprint density at radius 3 is 3.00 bits per heavy atom. The summed E-state index contributed by atoms with van der Waals surface area (Å²) in [6.07, 6.45) is 0.694. The number of carbonyl (C=O) groups excluding carboxylic acids is 2. The summed E-state index contributed by atoms with van der Waals surface area (Å²) in [7, 11) is 1.34. The van der Waals surface area contributed by atoms with Gasteiger partial charge in [-0.2, -0.15) is 0 Å². The first-order valence-electron chi connectivity index (χ1n) is 5.22. The highest BCUT2D eigenvalue weighted by atomic mass is 32.1. The Bertz CT molecular complexity index is 514. The van der Waals surface area contributed by atoms with E-state index in [1.54, 1.807) is 5.38 Å². The highest BCUT2D eigenvalue weighted by Crippen LogP contribution is 2.48. The van der Waals surface area contributed by atoms with E-state index in [-0.39, 0.29) is 17.8 Å². The van der Waals surface area contributed by atoms with Crippen molar-refractivity contribution in [2.75, 3.05) is 12.4 Å². The molecular weight excluding hydrogens is 259 g/mol. The van der Waals surface area contributed by atoms with Gasteiger partial charge in [-0.1, -0.05) is 6.58 Å². The van der Waals surface area contributed by atoms with Gasteiger partial charge in [0.25, 0.3) is 5.91 Å². The molecule has 7 heteroatoms. The molecule has 0 aliphatic heterocycles. The van der Waals surface area contributed by atoms with E-state index in [0.717, 1.165) is 5.69 Å². The van der Waals surface area contributed by atoms with Crippen LogP contribution in [0.5, 0.6) is 0 Å². The number of halogens is 1. The fraction of sp³-hybridized carbons (Fsp3) is 0.364. The van der Waals surface area contributed by atoms with Crippen molar-refractivity contribution in [2.45, 2.75) is 12.3 Å². The number of amides is 1. The maximum atomic E-state index is 12.5. The van der Waals surface area contributed by atoms with Crippen molar-refractivity contribution in [3.8, 4) is 0 Å². The molecule has 2 rings (SSSR count). The monoisotopic (exact) mass is 270 g/mol. The van der Waals surface area contributed by atoms with E-state index in [1.165, 1.54) is 18.4 Å². The second-order valence-corrected chi connectivity index (χ2v) is 4.77. The molecule has 1 saturated carbocycles. The molecule has 0 bridgehead atoms. The minimum absolute atomic E-state index is 0.0351. The van der Waals surface area contributed by atoms with Gasteiger partial charge in [-0.25, -0.2) is 9.37 Å². The fourth-order valence-corrected chi connectivity index (χ4v) is 2.38. The lowest BCUT2D eigenvalue weighted by molar-refractivity contribution is -0.142. The predicted octanol–water partition coefficient (Wildman–Crippen LogP) is 1.84. The van der Waals surface area contributed by atoms with Crippen LogP contribution >= 0.6 is 11.3 Å². The zero-order valence-corrected chi connectivity index (χ0v) is 10.4. The number of hydrogen-bond acceptors (Lipinski definition) is 5. The molecule has 1 fully saturated rings. The van der Waals surface area contributed by atoms with Gasteiger partial charge in [-0.15, -0.1) is 11.3 Å². The first kappa shape index (κ1) is 12.7. The van der Waals surface area contributed by atoms with E-state index < -0.39 is 11.7 Å². The predicted molar refractivity (Wildman–Crippen MR) is 63.9 cm³/mol. The van der Waals surface area contributed by atoms with Crippen LogP contribution in [0.1, 0.15) is 18.0 Å². The third-order valence-corrected chi connectivity index (χ3v) is 3.44. The molecule has 1 N–H and O–H groups in total. The highest BCUT2D eigenvalue weighted by Gasteiger charge is 2.46. The number of ether oxygens (including phenoxy) is 1. The third-order valence-electron chi connectivity index (χ3n) is 2.66. The molecule has 0 radical (unpaired) electrons. The average Bonchev–Trinajstić information content (AvgIpc) is 3.01. The summed E-state index contributed by atoms with van der Waals surface area (Å²) >= 11 is 1.18. The second-order valence-electron chi connectivity index (χ2n) is 3.91. The molecule has 1 aliphatic rings. The number of rotatable bonds is 4. The summed E-state index contributed by atoms with van der Waals surface area (Å²) in [4.78, 5) is 26.4. The molecular formula is C11H11FN2O3S. The maximum Gasteiger partial charge on any atom is 0.309 e. The second kappa shape index (κ2) is 4.85. The Labute approximate surface area is 107 Å². The Morgan fingerprint density at radius 1 is 1.67 bits per heavy atom. The maximum absolute atomic E-state index is 12.5. The SMILES string of the molecule is C=C(F)C(=O)Nc1nc([C@@H]2C[C@H]2C(=O)OC)cs1. The van der Waals surface area contributed by atoms with Crippen LogP contribution in [0.15, 0.2) is 17.8 Å². The Kier molecular flexibility index (Phi) is 3.42. The number of thiazole rings is 1. The lowest BCUT2D eigenvalue weighted by Gasteiger charge is -1.97. The molecule has 5 nitrogen and oxygen atoms in total. The molecule has 2 atom stereocenters. The molecule has 1 aliphatic carbocycles. The van der Waals surface area contributed by atoms with Gasteiger partial charge in [0.1, 0.15) is 0 Å². The van der Waals surface area contributed by atoms with Gasteiger partial charge in [-0.3, -0.25) is 14.9 Å². The lowest BCUT2D eigenvalue weighted by atomic mass is 10.2. The molecule has 1 aromatic heterocycles. The zero-order chi connectivity index (χ0) is 13.3. The van der Waals surface area contributed by atoms with Gasteiger partial charge >= 0.3 is 5.97 Å². The normalized spacial score (nSPS) is 21.2. The van der Waals surface area contributed by atoms with Crippen molar-refractivity contribution >= 4 is 28.3 Å². The van der Waals surface area contributed by atoms with Crippen molar-refractivity contribution in [3.63, 3.8) is 0 Å². The molecule has 1 heterocycles. The largest absolute Gasteiger partial charge is 0.469 e. The topological polar surface area (TPSA) is 68.3 Å². The third kappa shape index (κ3) is 2.56. The van der Waals surface area contributed by atoms with Gasteiger partial charge in [0.05, 0.1) is 18.7 Å². The molecule has 0 aromatic carbocycles. The quantitative estimate of drug-likeness (QED) is 0.669. The van der Waals surface area contributed by atoms with E-state index in [0.29, 0.717) is 11.6 Å². The minimum Gasteiger partial charge on any atom is -0.469 e. The first-order valence-corrected chi connectivity index (χ1v) is 6.10. The zero-order valence-electron chi connectivity index (χ0n) is 9.60. The Hall–Kier alpha value is -1.76. The number of nitrogens with zero attached hydrogens (tertiary/aromatic N) is 1. The van der Waals surface area contributed by atoms with Gasteiger partial charge < -0.3 is 4.74 Å². The van der Waals surface area contributed by atoms with Crippen LogP contribution in [0.4, 0.5) is 9.52 Å². The van der Waals surface area contributed by atoms with Gasteiger partial charge in [0.15, 0.2) is 11.0 Å². The van der Waals surface area contributed by atoms with Crippen LogP contribution in [0.2, 0.25) is 0 Å². The number of esters is 1. The lowest BCUT2D eigenvalue weighted by Crippen LogP contribution is -2.11. The average molecular weight is 270 g/mol. The van der Waals surface area contributed by atoms with Crippen LogP contribution in [-0.4, -0.2) is 24.0 Å². The van der Waals surface area contributed by atoms with Gasteiger partial charge in [-0.05, 0) is 6.42 Å². The van der Waals surface area contributed by atoms with Gasteiger partial charge in [0.2, 0.25) is 0 Å². The number of hydrogen-bond donors (Lipinski definition) is 1. The molecule has 1 aromatic rings. The molecule has 1 amide bonds. The fourth-order valence-electron chi connectivity index (χ4n) is 1.61. The summed E-state index contributed by atoms with van der Waals surface area (Å²) in [6, 6.07) is 0. The highest BCUT2D eigenvalue weighted by molar-refractivity contribution is 7.14. The van der Waals surface area contributed by atoms with Crippen LogP contribution in [0, 0.1) is 5.92 Å². The van der Waals surface area contributed by atoms with Crippen molar-refractivity contribution in [3.05, 3.63) is 23.5 Å². The summed E-state index contributed by atoms with van der Waals surface area (Å²) in [5, 5.41) is 4.32. The van der Waals surface area contributed by atoms with E-state index in [4.69, 9.17) is 0 Å². The van der Waals surface area contributed by atoms with E-state index >= 15 is 0 Å². The van der Waals surface area contributed by atoms with Crippen LogP contribution < -0.4 is 5.32 Å². The summed E-state index contributed by atoms with van der Waals surface area (Å²) in [5.74, 6) is -2.35. The summed E-state index contributed by atoms with van der Waals surface area (Å²) < 4.78 is 17.1. The van der Waals surface area contributed by atoms with Crippen molar-refractivity contribution in [1.82, 2.24) is 4.98 Å². The van der Waals surface area contributed by atoms with Crippen LogP contribution in [-0.2, 0) is 14.3 Å². The van der Waals surface area contributed by atoms with E-state index in [1.807, 2.05) is 0 Å². The number of methoxy groups -OCH3 is 1. The number of anilines is 1. The molecule has 0 spiro atoms. The summed E-state index contributed by atoms with van der Waals surface area (Å²) in [5.41, 5.74) is 0.718. The summed E-state index contributed by atoms with van der Waals surface area (Å²) in [6.45, 7) is 2.89. The molecule has 0 saturated heterocycles. The standard InChI is InChI=1S/C11H11FN2O3S/c1-5(12)9(15)14-11-13-8(4-18-11)6-3-7(6)10(16)17-2/h4,6-7H,1,3H2,2H3,(H,13,14,15)/t6-,7-/m1/s1. The molecule has 96 valence electrons. The van der Waals surface area contributed by atoms with E-state index in [9.17, 15) is 14.0 Å². The molecule has 18 heavy (non-hydrogen) atoms. The first-order chi connectivity index (χ1) is 8.52. The molecule has 0 unspecified atom stereocenters. The number of nitrogens with one attached hydrogen (secondary N) is 1. The van der Waals surface area contributed by atoms with Crippen LogP contribution in [0.3, 0.4) is 0 Å². The van der Waals surface area contributed by atoms with Crippen molar-refractivity contribution in [1.29, 1.82) is 0 Å². The number of carbonyl (C=O) groups is 2. The van der Waals surface area contributed by atoms with Crippen LogP contribution in [0.25, 0.3) is 0 Å². The van der Waals surface area contributed by atoms with Gasteiger partial charge in [0, 0.05) is 11.3 Å². The van der Waals surface area contributed by atoms with Crippen molar-refractivity contribution in [2.24, 2.45) is 5.92 Å². The van der Waals surface area contributed by atoms with E-state index in [2.05, 4.69) is 21.6 Å². The smallest absolute Gasteiger partial charge is 0.309 e. The van der Waals surface area contributed by atoms with Crippen molar-refractivity contribution < 1.29 is 18.7 Å². The Morgan fingerprint density at radius 2 is 2.39 bits per heavy atom. The Balaban J connectivity index is 1.98. The minimum atomic E-state index is -1.06.